The highest BCUT2D eigenvalue weighted by Crippen LogP contribution is 2.39. The van der Waals surface area contributed by atoms with Crippen LogP contribution in [0.25, 0.3) is 0 Å². The summed E-state index contributed by atoms with van der Waals surface area (Å²) in [5.41, 5.74) is 2.54. The van der Waals surface area contributed by atoms with Crippen LogP contribution in [0.4, 0.5) is 0 Å². The Morgan fingerprint density at radius 3 is 1.93 bits per heavy atom. The van der Waals surface area contributed by atoms with Gasteiger partial charge in [0.05, 0.1) is 11.1 Å². The van der Waals surface area contributed by atoms with Crippen LogP contribution in [-0.4, -0.2) is 41.1 Å². The van der Waals surface area contributed by atoms with Gasteiger partial charge in [-0.25, -0.2) is 14.4 Å². The Morgan fingerprint density at radius 2 is 1.41 bits per heavy atom. The van der Waals surface area contributed by atoms with Crippen molar-refractivity contribution in [3.8, 4) is 0 Å². The van der Waals surface area contributed by atoms with Gasteiger partial charge >= 0.3 is 17.9 Å². The highest BCUT2D eigenvalue weighted by Gasteiger charge is 2.59. The van der Waals surface area contributed by atoms with E-state index in [0.29, 0.717) is 5.56 Å². The van der Waals surface area contributed by atoms with Gasteiger partial charge in [-0.3, -0.25) is 0 Å². The van der Waals surface area contributed by atoms with Crippen molar-refractivity contribution in [1.29, 1.82) is 0 Å². The van der Waals surface area contributed by atoms with E-state index in [1.807, 2.05) is 13.8 Å². The molecule has 1 fully saturated rings. The van der Waals surface area contributed by atoms with E-state index in [4.69, 9.17) is 37.4 Å². The van der Waals surface area contributed by atoms with Gasteiger partial charge in [-0.15, -0.1) is 0 Å². The Kier molecular flexibility index (Phi) is 6.15. The first kappa shape index (κ1) is 21.1. The van der Waals surface area contributed by atoms with Gasteiger partial charge in [0.15, 0.2) is 12.2 Å². The van der Waals surface area contributed by atoms with Crippen LogP contribution >= 0.6 is 23.2 Å². The average molecular weight is 437 g/mol. The summed E-state index contributed by atoms with van der Waals surface area (Å²) >= 11 is 12.1. The van der Waals surface area contributed by atoms with E-state index >= 15 is 0 Å². The van der Waals surface area contributed by atoms with Gasteiger partial charge in [-0.2, -0.15) is 0 Å². The number of carbonyl (C=O) groups excluding carboxylic acids is 3. The molecule has 0 aliphatic carbocycles. The van der Waals surface area contributed by atoms with E-state index < -0.39 is 34.4 Å². The van der Waals surface area contributed by atoms with E-state index in [0.717, 1.165) is 11.1 Å². The van der Waals surface area contributed by atoms with Crippen LogP contribution < -0.4 is 0 Å². The first-order chi connectivity index (χ1) is 13.7. The fourth-order valence-electron chi connectivity index (χ4n) is 2.70. The Hall–Kier alpha value is -2.57. The molecule has 0 saturated carbocycles. The van der Waals surface area contributed by atoms with Crippen molar-refractivity contribution in [3.05, 3.63) is 70.8 Å². The zero-order chi connectivity index (χ0) is 21.2. The fourth-order valence-corrected chi connectivity index (χ4v) is 3.16. The lowest BCUT2D eigenvalue weighted by atomic mass is 10.1. The monoisotopic (exact) mass is 436 g/mol. The zero-order valence-corrected chi connectivity index (χ0v) is 17.2. The molecule has 152 valence electrons. The third-order valence-electron chi connectivity index (χ3n) is 4.41. The summed E-state index contributed by atoms with van der Waals surface area (Å²) in [6, 6.07) is 13.4. The number of carbonyl (C=O) groups is 3. The topological polar surface area (TPSA) is 78.9 Å². The van der Waals surface area contributed by atoms with Crippen LogP contribution in [0.2, 0.25) is 0 Å². The van der Waals surface area contributed by atoms with Crippen LogP contribution in [0.1, 0.15) is 31.8 Å². The molecule has 0 amide bonds. The number of ether oxygens (including phenoxy) is 3. The molecule has 0 radical (unpaired) electrons. The number of esters is 3. The maximum atomic E-state index is 12.4. The van der Waals surface area contributed by atoms with Crippen molar-refractivity contribution in [1.82, 2.24) is 0 Å². The van der Waals surface area contributed by atoms with Gasteiger partial charge in [-0.1, -0.05) is 58.6 Å². The minimum absolute atomic E-state index is 0.259. The maximum Gasteiger partial charge on any atom is 0.347 e. The predicted octanol–water partition coefficient (Wildman–Crippen LogP) is 3.79. The van der Waals surface area contributed by atoms with E-state index in [2.05, 4.69) is 0 Å². The second-order valence-electron chi connectivity index (χ2n) is 6.72. The summed E-state index contributed by atoms with van der Waals surface area (Å²) in [5, 5.41) is 0. The first-order valence-corrected chi connectivity index (χ1v) is 9.54. The molecular formula is C21H18Cl2O6. The van der Waals surface area contributed by atoms with Gasteiger partial charge < -0.3 is 14.2 Å². The van der Waals surface area contributed by atoms with Gasteiger partial charge in [0.2, 0.25) is 0 Å². The van der Waals surface area contributed by atoms with Crippen LogP contribution in [0, 0.1) is 13.8 Å². The third-order valence-corrected chi connectivity index (χ3v) is 5.15. The molecule has 0 aromatic heterocycles. The standard InChI is InChI=1S/C21H18Cl2O6/c1-12-3-7-14(8-4-12)18(24)27-11-16-17(21(22,23)20(26)28-16)29-19(25)15-9-5-13(2)6-10-15/h3-10,16-17H,11H2,1-2H3. The van der Waals surface area contributed by atoms with Crippen LogP contribution in [-0.2, 0) is 19.0 Å². The second-order valence-corrected chi connectivity index (χ2v) is 8.11. The number of cyclic esters (lactones) is 1. The molecule has 2 aromatic carbocycles. The van der Waals surface area contributed by atoms with Crippen molar-refractivity contribution >= 4 is 41.1 Å². The van der Waals surface area contributed by atoms with Gasteiger partial charge in [0, 0.05) is 0 Å². The highest BCUT2D eigenvalue weighted by atomic mass is 35.5. The normalized spacial score (nSPS) is 20.1. The van der Waals surface area contributed by atoms with Crippen LogP contribution in [0.3, 0.4) is 0 Å². The highest BCUT2D eigenvalue weighted by molar-refractivity contribution is 6.58. The number of hydrogen-bond donors (Lipinski definition) is 0. The summed E-state index contributed by atoms with van der Waals surface area (Å²) in [7, 11) is 0. The number of hydrogen-bond acceptors (Lipinski definition) is 6. The summed E-state index contributed by atoms with van der Waals surface area (Å²) in [4.78, 5) is 36.6. The summed E-state index contributed by atoms with van der Waals surface area (Å²) in [5.74, 6) is -2.32. The molecule has 1 aliphatic rings. The van der Waals surface area contributed by atoms with Crippen molar-refractivity contribution < 1.29 is 28.6 Å². The first-order valence-electron chi connectivity index (χ1n) is 8.79. The van der Waals surface area contributed by atoms with E-state index in [1.54, 1.807) is 48.5 Å². The third kappa shape index (κ3) is 4.71. The molecule has 2 unspecified atom stereocenters. The minimum atomic E-state index is -2.11. The molecule has 1 saturated heterocycles. The van der Waals surface area contributed by atoms with Crippen molar-refractivity contribution in [2.75, 3.05) is 6.61 Å². The molecule has 0 bridgehead atoms. The quantitative estimate of drug-likeness (QED) is 0.403. The van der Waals surface area contributed by atoms with Crippen LogP contribution in [0.5, 0.6) is 0 Å². The molecule has 2 aromatic rings. The summed E-state index contributed by atoms with van der Waals surface area (Å²) in [6.45, 7) is 3.39. The Morgan fingerprint density at radius 1 is 0.931 bits per heavy atom. The second kappa shape index (κ2) is 8.43. The Labute approximate surface area is 177 Å². The summed E-state index contributed by atoms with van der Waals surface area (Å²) in [6.07, 6.45) is -2.49. The number of alkyl halides is 2. The van der Waals surface area contributed by atoms with Crippen molar-refractivity contribution in [2.45, 2.75) is 30.4 Å². The van der Waals surface area contributed by atoms with Crippen molar-refractivity contribution in [2.24, 2.45) is 0 Å². The van der Waals surface area contributed by atoms with Gasteiger partial charge in [0.25, 0.3) is 4.33 Å². The number of benzene rings is 2. The lowest BCUT2D eigenvalue weighted by Crippen LogP contribution is -2.41. The Balaban J connectivity index is 1.70. The molecular weight excluding hydrogens is 419 g/mol. The zero-order valence-electron chi connectivity index (χ0n) is 15.7. The average Bonchev–Trinajstić information content (AvgIpc) is 2.90. The SMILES string of the molecule is Cc1ccc(C(=O)OCC2OC(=O)C(Cl)(Cl)C2OC(=O)c2ccc(C)cc2)cc1. The van der Waals surface area contributed by atoms with Gasteiger partial charge in [-0.05, 0) is 38.1 Å². The molecule has 0 spiro atoms. The molecule has 1 aliphatic heterocycles. The molecule has 0 N–H and O–H groups in total. The van der Waals surface area contributed by atoms with Crippen LogP contribution in [0.15, 0.2) is 48.5 Å². The van der Waals surface area contributed by atoms with E-state index in [-0.39, 0.29) is 12.2 Å². The molecule has 8 heteroatoms. The minimum Gasteiger partial charge on any atom is -0.458 e. The Bertz CT molecular complexity index is 921. The number of rotatable bonds is 5. The summed E-state index contributed by atoms with van der Waals surface area (Å²) < 4.78 is 13.5. The molecule has 6 nitrogen and oxygen atoms in total. The number of halogens is 2. The van der Waals surface area contributed by atoms with Gasteiger partial charge in [0.1, 0.15) is 6.61 Å². The molecule has 29 heavy (non-hydrogen) atoms. The fraction of sp³-hybridized carbons (Fsp3) is 0.286. The van der Waals surface area contributed by atoms with E-state index in [9.17, 15) is 14.4 Å². The molecule has 3 rings (SSSR count). The largest absolute Gasteiger partial charge is 0.458 e. The lowest BCUT2D eigenvalue weighted by molar-refractivity contribution is -0.143. The lowest BCUT2D eigenvalue weighted by Gasteiger charge is -2.22. The van der Waals surface area contributed by atoms with E-state index in [1.165, 1.54) is 0 Å². The van der Waals surface area contributed by atoms with Crippen molar-refractivity contribution in [3.63, 3.8) is 0 Å². The molecule has 2 atom stereocenters. The maximum absolute atomic E-state index is 12.4. The number of aryl methyl sites for hydroxylation is 2. The molecule has 1 heterocycles. The predicted molar refractivity (Wildman–Crippen MR) is 106 cm³/mol. The smallest absolute Gasteiger partial charge is 0.347 e.